The van der Waals surface area contributed by atoms with Gasteiger partial charge in [0.05, 0.1) is 12.1 Å². The minimum absolute atomic E-state index is 0.117. The van der Waals surface area contributed by atoms with E-state index in [0.29, 0.717) is 17.8 Å². The summed E-state index contributed by atoms with van der Waals surface area (Å²) in [5.41, 5.74) is 0.968. The molecule has 0 aromatic heterocycles. The molecule has 0 saturated heterocycles. The first kappa shape index (κ1) is 16.5. The van der Waals surface area contributed by atoms with Crippen molar-refractivity contribution < 1.29 is 19.5 Å². The lowest BCUT2D eigenvalue weighted by molar-refractivity contribution is -0.128. The Kier molecular flexibility index (Phi) is 5.71. The molecule has 0 radical (unpaired) electrons. The van der Waals surface area contributed by atoms with Crippen molar-refractivity contribution in [2.24, 2.45) is 0 Å². The SMILES string of the molecule is CCN(C)C(=O)CNC(=O)Nc1cccc(C(=O)O)c1C. The maximum Gasteiger partial charge on any atom is 0.336 e. The molecule has 0 unspecified atom stereocenters. The van der Waals surface area contributed by atoms with Gasteiger partial charge in [-0.05, 0) is 31.5 Å². The number of rotatable bonds is 5. The molecule has 0 fully saturated rings. The van der Waals surface area contributed by atoms with Crippen molar-refractivity contribution in [3.63, 3.8) is 0 Å². The second kappa shape index (κ2) is 7.28. The number of urea groups is 1. The maximum absolute atomic E-state index is 11.7. The monoisotopic (exact) mass is 293 g/mol. The van der Waals surface area contributed by atoms with Crippen LogP contribution in [0.3, 0.4) is 0 Å². The summed E-state index contributed by atoms with van der Waals surface area (Å²) in [6, 6.07) is 4.04. The van der Waals surface area contributed by atoms with Gasteiger partial charge >= 0.3 is 12.0 Å². The number of amides is 3. The van der Waals surface area contributed by atoms with Crippen molar-refractivity contribution in [3.05, 3.63) is 29.3 Å². The van der Waals surface area contributed by atoms with Gasteiger partial charge in [-0.1, -0.05) is 6.07 Å². The predicted octanol–water partition coefficient (Wildman–Crippen LogP) is 1.29. The highest BCUT2D eigenvalue weighted by atomic mass is 16.4. The van der Waals surface area contributed by atoms with Crippen molar-refractivity contribution in [1.29, 1.82) is 0 Å². The number of anilines is 1. The lowest BCUT2D eigenvalue weighted by atomic mass is 10.1. The number of hydrogen-bond donors (Lipinski definition) is 3. The number of nitrogens with zero attached hydrogens (tertiary/aromatic N) is 1. The molecule has 0 saturated carbocycles. The normalized spacial score (nSPS) is 9.86. The van der Waals surface area contributed by atoms with Gasteiger partial charge in [0.15, 0.2) is 0 Å². The average molecular weight is 293 g/mol. The van der Waals surface area contributed by atoms with Crippen molar-refractivity contribution >= 4 is 23.6 Å². The first-order valence-electron chi connectivity index (χ1n) is 6.48. The van der Waals surface area contributed by atoms with E-state index in [-0.39, 0.29) is 18.0 Å². The first-order valence-corrected chi connectivity index (χ1v) is 6.48. The number of nitrogens with one attached hydrogen (secondary N) is 2. The van der Waals surface area contributed by atoms with Crippen LogP contribution in [-0.2, 0) is 4.79 Å². The fourth-order valence-corrected chi connectivity index (χ4v) is 1.64. The molecule has 7 heteroatoms. The van der Waals surface area contributed by atoms with Gasteiger partial charge in [-0.25, -0.2) is 9.59 Å². The molecule has 0 heterocycles. The first-order chi connectivity index (χ1) is 9.86. The van der Waals surface area contributed by atoms with E-state index in [1.54, 1.807) is 26.1 Å². The van der Waals surface area contributed by atoms with E-state index >= 15 is 0 Å². The van der Waals surface area contributed by atoms with Gasteiger partial charge in [0, 0.05) is 19.3 Å². The van der Waals surface area contributed by atoms with E-state index in [9.17, 15) is 14.4 Å². The highest BCUT2D eigenvalue weighted by Gasteiger charge is 2.13. The van der Waals surface area contributed by atoms with Gasteiger partial charge in [0.1, 0.15) is 0 Å². The van der Waals surface area contributed by atoms with Crippen LogP contribution in [0, 0.1) is 6.92 Å². The van der Waals surface area contributed by atoms with E-state index in [0.717, 1.165) is 0 Å². The highest BCUT2D eigenvalue weighted by molar-refractivity contribution is 5.96. The molecular weight excluding hydrogens is 274 g/mol. The zero-order valence-corrected chi connectivity index (χ0v) is 12.3. The van der Waals surface area contributed by atoms with E-state index in [4.69, 9.17) is 5.11 Å². The molecule has 114 valence electrons. The molecule has 0 bridgehead atoms. The van der Waals surface area contributed by atoms with Gasteiger partial charge in [-0.15, -0.1) is 0 Å². The summed E-state index contributed by atoms with van der Waals surface area (Å²) in [6.07, 6.45) is 0. The fraction of sp³-hybridized carbons (Fsp3) is 0.357. The van der Waals surface area contributed by atoms with Crippen molar-refractivity contribution in [2.75, 3.05) is 25.5 Å². The Bertz CT molecular complexity index is 557. The summed E-state index contributed by atoms with van der Waals surface area (Å²) in [7, 11) is 1.64. The lowest BCUT2D eigenvalue weighted by Gasteiger charge is -2.15. The Balaban J connectivity index is 2.66. The zero-order chi connectivity index (χ0) is 16.0. The number of hydrogen-bond acceptors (Lipinski definition) is 3. The number of likely N-dealkylation sites (N-methyl/N-ethyl adjacent to an activating group) is 1. The van der Waals surface area contributed by atoms with E-state index in [1.165, 1.54) is 11.0 Å². The molecule has 3 amide bonds. The van der Waals surface area contributed by atoms with Crippen LogP contribution in [0.4, 0.5) is 10.5 Å². The van der Waals surface area contributed by atoms with Crippen LogP contribution >= 0.6 is 0 Å². The number of carboxylic acid groups (broad SMARTS) is 1. The third-order valence-electron chi connectivity index (χ3n) is 3.11. The molecular formula is C14H19N3O4. The van der Waals surface area contributed by atoms with Gasteiger partial charge in [0.25, 0.3) is 0 Å². The standard InChI is InChI=1S/C14H19N3O4/c1-4-17(3)12(18)8-15-14(21)16-11-7-5-6-10(9(11)2)13(19)20/h5-7H,4,8H2,1-3H3,(H,19,20)(H2,15,16,21). The molecule has 1 aromatic rings. The minimum atomic E-state index is -1.06. The van der Waals surface area contributed by atoms with Crippen molar-refractivity contribution in [1.82, 2.24) is 10.2 Å². The third-order valence-corrected chi connectivity index (χ3v) is 3.11. The molecule has 0 spiro atoms. The summed E-state index contributed by atoms with van der Waals surface area (Å²) < 4.78 is 0. The number of carboxylic acids is 1. The summed E-state index contributed by atoms with van der Waals surface area (Å²) >= 11 is 0. The number of carbonyl (C=O) groups excluding carboxylic acids is 2. The van der Waals surface area contributed by atoms with Crippen molar-refractivity contribution in [2.45, 2.75) is 13.8 Å². The second-order valence-electron chi connectivity index (χ2n) is 4.50. The largest absolute Gasteiger partial charge is 0.478 e. The average Bonchev–Trinajstić information content (AvgIpc) is 2.45. The number of benzene rings is 1. The summed E-state index contributed by atoms with van der Waals surface area (Å²) in [5, 5.41) is 14.0. The third kappa shape index (κ3) is 4.48. The van der Waals surface area contributed by atoms with E-state index in [2.05, 4.69) is 10.6 Å². The smallest absolute Gasteiger partial charge is 0.336 e. The van der Waals surface area contributed by atoms with Crippen LogP contribution in [0.25, 0.3) is 0 Å². The van der Waals surface area contributed by atoms with Gasteiger partial charge in [0.2, 0.25) is 5.91 Å². The maximum atomic E-state index is 11.7. The molecule has 0 atom stereocenters. The number of aromatic carboxylic acids is 1. The number of carbonyl (C=O) groups is 3. The zero-order valence-electron chi connectivity index (χ0n) is 12.3. The van der Waals surface area contributed by atoms with Gasteiger partial charge in [-0.3, -0.25) is 4.79 Å². The quantitative estimate of drug-likeness (QED) is 0.762. The Morgan fingerprint density at radius 2 is 1.95 bits per heavy atom. The Labute approximate surface area is 122 Å². The van der Waals surface area contributed by atoms with Crippen LogP contribution in [0.2, 0.25) is 0 Å². The molecule has 7 nitrogen and oxygen atoms in total. The summed E-state index contributed by atoms with van der Waals surface area (Å²) in [5.74, 6) is -1.26. The van der Waals surface area contributed by atoms with Crippen LogP contribution in [0.5, 0.6) is 0 Å². The molecule has 3 N–H and O–H groups in total. The van der Waals surface area contributed by atoms with Gasteiger partial charge < -0.3 is 20.6 Å². The molecule has 0 aliphatic heterocycles. The van der Waals surface area contributed by atoms with Crippen LogP contribution < -0.4 is 10.6 Å². The van der Waals surface area contributed by atoms with Crippen LogP contribution in [-0.4, -0.2) is 48.1 Å². The van der Waals surface area contributed by atoms with E-state index in [1.807, 2.05) is 6.92 Å². The van der Waals surface area contributed by atoms with Gasteiger partial charge in [-0.2, -0.15) is 0 Å². The van der Waals surface area contributed by atoms with Crippen LogP contribution in [0.1, 0.15) is 22.8 Å². The van der Waals surface area contributed by atoms with E-state index < -0.39 is 12.0 Å². The summed E-state index contributed by atoms with van der Waals surface area (Å²) in [4.78, 5) is 35.8. The second-order valence-corrected chi connectivity index (χ2v) is 4.50. The lowest BCUT2D eigenvalue weighted by Crippen LogP contribution is -2.39. The Morgan fingerprint density at radius 1 is 1.29 bits per heavy atom. The van der Waals surface area contributed by atoms with Crippen molar-refractivity contribution in [3.8, 4) is 0 Å². The molecule has 0 aliphatic rings. The topological polar surface area (TPSA) is 98.7 Å². The predicted molar refractivity (Wildman–Crippen MR) is 78.5 cm³/mol. The Hall–Kier alpha value is -2.57. The van der Waals surface area contributed by atoms with Crippen LogP contribution in [0.15, 0.2) is 18.2 Å². The minimum Gasteiger partial charge on any atom is -0.478 e. The Morgan fingerprint density at radius 3 is 2.52 bits per heavy atom. The highest BCUT2D eigenvalue weighted by Crippen LogP contribution is 2.18. The molecule has 1 rings (SSSR count). The fourth-order valence-electron chi connectivity index (χ4n) is 1.64. The molecule has 21 heavy (non-hydrogen) atoms. The summed E-state index contributed by atoms with van der Waals surface area (Å²) in [6.45, 7) is 3.88. The molecule has 0 aliphatic carbocycles. The molecule has 1 aromatic carbocycles.